The zero-order valence-corrected chi connectivity index (χ0v) is 18.7. The third-order valence-electron chi connectivity index (χ3n) is 6.05. The average Bonchev–Trinajstić information content (AvgIpc) is 3.31. The van der Waals surface area contributed by atoms with Gasteiger partial charge in [-0.15, -0.1) is 0 Å². The molecule has 3 amide bonds. The first-order chi connectivity index (χ1) is 15.5. The molecule has 2 unspecified atom stereocenters. The van der Waals surface area contributed by atoms with Crippen LogP contribution in [-0.4, -0.2) is 34.3 Å². The molecule has 2 heterocycles. The van der Waals surface area contributed by atoms with Crippen molar-refractivity contribution in [2.24, 2.45) is 0 Å². The second-order valence-electron chi connectivity index (χ2n) is 7.87. The zero-order chi connectivity index (χ0) is 22.3. The van der Waals surface area contributed by atoms with Crippen LogP contribution < -0.4 is 5.32 Å². The Morgan fingerprint density at radius 1 is 0.906 bits per heavy atom. The van der Waals surface area contributed by atoms with Crippen molar-refractivity contribution in [2.45, 2.75) is 18.0 Å². The predicted octanol–water partition coefficient (Wildman–Crippen LogP) is 3.81. The number of hydrogen-bond acceptors (Lipinski definition) is 4. The van der Waals surface area contributed by atoms with Crippen molar-refractivity contribution >= 4 is 33.7 Å². The number of hydrazine groups is 1. The van der Waals surface area contributed by atoms with Gasteiger partial charge in [0.25, 0.3) is 11.8 Å². The minimum atomic E-state index is -1.46. The standard InChI is InChI=1S/C25H20BrN3O3/c26-20-13-11-17(12-14-20)22-25(19-9-5-2-6-10-19,24(32)29-21(30)15-16-28(22)29)27-23(31)18-7-3-1-4-8-18/h1-14,22H,15-16H2,(H,27,31). The lowest BCUT2D eigenvalue weighted by Gasteiger charge is -2.36. The number of carbonyl (C=O) groups is 3. The van der Waals surface area contributed by atoms with Crippen LogP contribution in [0.15, 0.2) is 89.4 Å². The lowest BCUT2D eigenvalue weighted by atomic mass is 9.79. The highest BCUT2D eigenvalue weighted by atomic mass is 79.9. The first-order valence-corrected chi connectivity index (χ1v) is 11.1. The van der Waals surface area contributed by atoms with E-state index in [4.69, 9.17) is 0 Å². The van der Waals surface area contributed by atoms with Crippen molar-refractivity contribution < 1.29 is 14.4 Å². The van der Waals surface area contributed by atoms with E-state index in [9.17, 15) is 14.4 Å². The smallest absolute Gasteiger partial charge is 0.276 e. The van der Waals surface area contributed by atoms with E-state index in [0.717, 1.165) is 10.0 Å². The minimum absolute atomic E-state index is 0.260. The van der Waals surface area contributed by atoms with E-state index in [1.807, 2.05) is 60.7 Å². The van der Waals surface area contributed by atoms with Gasteiger partial charge in [0.1, 0.15) is 0 Å². The SMILES string of the molecule is O=C(NC1(c2ccccc2)C(=O)N2C(=O)CCN2C1c1ccc(Br)cc1)c1ccccc1. The Morgan fingerprint density at radius 3 is 2.19 bits per heavy atom. The van der Waals surface area contributed by atoms with Crippen molar-refractivity contribution in [1.29, 1.82) is 0 Å². The summed E-state index contributed by atoms with van der Waals surface area (Å²) in [5.41, 5.74) is 0.442. The molecule has 5 rings (SSSR count). The number of halogens is 1. The van der Waals surface area contributed by atoms with Crippen LogP contribution in [0.25, 0.3) is 0 Å². The molecule has 0 radical (unpaired) electrons. The van der Waals surface area contributed by atoms with Crippen molar-refractivity contribution in [3.8, 4) is 0 Å². The van der Waals surface area contributed by atoms with Gasteiger partial charge in [-0.2, -0.15) is 5.01 Å². The number of benzene rings is 3. The van der Waals surface area contributed by atoms with Gasteiger partial charge >= 0.3 is 0 Å². The number of rotatable bonds is 4. The maximum Gasteiger partial charge on any atom is 0.276 e. The highest BCUT2D eigenvalue weighted by molar-refractivity contribution is 9.10. The molecule has 0 bridgehead atoms. The van der Waals surface area contributed by atoms with Gasteiger partial charge in [-0.1, -0.05) is 76.6 Å². The van der Waals surface area contributed by atoms with Crippen LogP contribution in [-0.2, 0) is 15.1 Å². The molecule has 1 N–H and O–H groups in total. The quantitative estimate of drug-likeness (QED) is 0.565. The Labute approximate surface area is 193 Å². The topological polar surface area (TPSA) is 69.7 Å². The number of amides is 3. The highest BCUT2D eigenvalue weighted by Gasteiger charge is 2.64. The van der Waals surface area contributed by atoms with Gasteiger partial charge < -0.3 is 5.32 Å². The van der Waals surface area contributed by atoms with E-state index < -0.39 is 17.5 Å². The molecule has 0 spiro atoms. The summed E-state index contributed by atoms with van der Waals surface area (Å²) < 4.78 is 0.901. The van der Waals surface area contributed by atoms with Crippen LogP contribution in [0.4, 0.5) is 0 Å². The van der Waals surface area contributed by atoms with Crippen molar-refractivity contribution in [3.05, 3.63) is 106 Å². The second kappa shape index (κ2) is 8.00. The minimum Gasteiger partial charge on any atom is -0.332 e. The molecule has 2 aliphatic rings. The summed E-state index contributed by atoms with van der Waals surface area (Å²) in [5.74, 6) is -1.08. The number of carbonyl (C=O) groups excluding carboxylic acids is 3. The molecular formula is C25H20BrN3O3. The van der Waals surface area contributed by atoms with Gasteiger partial charge in [0.2, 0.25) is 5.91 Å². The van der Waals surface area contributed by atoms with Gasteiger partial charge in [0.05, 0.1) is 6.04 Å². The summed E-state index contributed by atoms with van der Waals surface area (Å²) in [6.07, 6.45) is 0.260. The first-order valence-electron chi connectivity index (χ1n) is 10.3. The van der Waals surface area contributed by atoms with E-state index in [2.05, 4.69) is 21.2 Å². The molecule has 3 aromatic carbocycles. The van der Waals surface area contributed by atoms with E-state index in [0.29, 0.717) is 17.7 Å². The van der Waals surface area contributed by atoms with Crippen LogP contribution in [0.1, 0.15) is 33.9 Å². The van der Waals surface area contributed by atoms with Crippen LogP contribution >= 0.6 is 15.9 Å². The van der Waals surface area contributed by atoms with Crippen LogP contribution in [0.2, 0.25) is 0 Å². The Kier molecular flexibility index (Phi) is 5.15. The van der Waals surface area contributed by atoms with E-state index in [-0.39, 0.29) is 18.2 Å². The summed E-state index contributed by atoms with van der Waals surface area (Å²) in [5, 5.41) is 6.05. The molecule has 7 heteroatoms. The fourth-order valence-corrected chi connectivity index (χ4v) is 4.89. The monoisotopic (exact) mass is 489 g/mol. The molecule has 32 heavy (non-hydrogen) atoms. The summed E-state index contributed by atoms with van der Waals surface area (Å²) in [6.45, 7) is 0.404. The number of nitrogens with one attached hydrogen (secondary N) is 1. The lowest BCUT2D eigenvalue weighted by Crippen LogP contribution is -2.55. The molecule has 2 fully saturated rings. The number of hydrogen-bond donors (Lipinski definition) is 1. The molecule has 2 aliphatic heterocycles. The third-order valence-corrected chi connectivity index (χ3v) is 6.58. The Hall–Kier alpha value is -3.29. The Morgan fingerprint density at radius 2 is 1.53 bits per heavy atom. The van der Waals surface area contributed by atoms with Crippen LogP contribution in [0.3, 0.4) is 0 Å². The van der Waals surface area contributed by atoms with Gasteiger partial charge in [0.15, 0.2) is 5.54 Å². The molecular weight excluding hydrogens is 470 g/mol. The summed E-state index contributed by atoms with van der Waals surface area (Å²) in [7, 11) is 0. The summed E-state index contributed by atoms with van der Waals surface area (Å²) >= 11 is 3.46. The fourth-order valence-electron chi connectivity index (χ4n) is 4.63. The van der Waals surface area contributed by atoms with Crippen molar-refractivity contribution in [2.75, 3.05) is 6.54 Å². The normalized spacial score (nSPS) is 22.8. The maximum absolute atomic E-state index is 14.0. The molecule has 0 aromatic heterocycles. The number of imide groups is 1. The molecule has 6 nitrogen and oxygen atoms in total. The van der Waals surface area contributed by atoms with Gasteiger partial charge in [-0.3, -0.25) is 14.4 Å². The first kappa shape index (κ1) is 20.6. The van der Waals surface area contributed by atoms with Crippen molar-refractivity contribution in [1.82, 2.24) is 15.3 Å². The van der Waals surface area contributed by atoms with E-state index in [1.165, 1.54) is 5.01 Å². The largest absolute Gasteiger partial charge is 0.332 e. The molecule has 0 saturated carbocycles. The molecule has 0 aliphatic carbocycles. The second-order valence-corrected chi connectivity index (χ2v) is 8.79. The maximum atomic E-state index is 14.0. The fraction of sp³-hybridized carbons (Fsp3) is 0.160. The van der Waals surface area contributed by atoms with Crippen LogP contribution in [0.5, 0.6) is 0 Å². The van der Waals surface area contributed by atoms with Gasteiger partial charge in [0, 0.05) is 23.0 Å². The van der Waals surface area contributed by atoms with E-state index in [1.54, 1.807) is 29.3 Å². The molecule has 160 valence electrons. The zero-order valence-electron chi connectivity index (χ0n) is 17.1. The number of nitrogens with zero attached hydrogens (tertiary/aromatic N) is 2. The van der Waals surface area contributed by atoms with Gasteiger partial charge in [-0.25, -0.2) is 5.01 Å². The molecule has 2 saturated heterocycles. The average molecular weight is 490 g/mol. The van der Waals surface area contributed by atoms with E-state index >= 15 is 0 Å². The number of fused-ring (bicyclic) bond motifs is 1. The summed E-state index contributed by atoms with van der Waals surface area (Å²) in [4.78, 5) is 40.1. The molecule has 2 atom stereocenters. The van der Waals surface area contributed by atoms with Crippen LogP contribution in [0, 0.1) is 0 Å². The Bertz CT molecular complexity index is 1180. The highest BCUT2D eigenvalue weighted by Crippen LogP contribution is 2.49. The summed E-state index contributed by atoms with van der Waals surface area (Å²) in [6, 6.07) is 25.0. The third kappa shape index (κ3) is 3.16. The lowest BCUT2D eigenvalue weighted by molar-refractivity contribution is -0.150. The molecule has 3 aromatic rings. The predicted molar refractivity (Wildman–Crippen MR) is 122 cm³/mol. The van der Waals surface area contributed by atoms with Gasteiger partial charge in [-0.05, 0) is 35.4 Å². The van der Waals surface area contributed by atoms with Crippen molar-refractivity contribution in [3.63, 3.8) is 0 Å². The Balaban J connectivity index is 1.72.